The van der Waals surface area contributed by atoms with Gasteiger partial charge < -0.3 is 4.74 Å². The van der Waals surface area contributed by atoms with E-state index in [1.165, 1.54) is 0 Å². The maximum Gasteiger partial charge on any atom is 0.416 e. The molecule has 0 spiro atoms. The van der Waals surface area contributed by atoms with Gasteiger partial charge in [-0.15, -0.1) is 0 Å². The van der Waals surface area contributed by atoms with Crippen molar-refractivity contribution >= 4 is 11.8 Å². The quantitative estimate of drug-likeness (QED) is 0.342. The number of benzene rings is 1. The van der Waals surface area contributed by atoms with Crippen LogP contribution >= 0.6 is 0 Å². The maximum absolute atomic E-state index is 13.6. The molecule has 21 heavy (non-hydrogen) atoms. The van der Waals surface area contributed by atoms with Crippen LogP contribution in [-0.2, 0) is 15.7 Å². The first-order chi connectivity index (χ1) is 9.77. The summed E-state index contributed by atoms with van der Waals surface area (Å²) in [5.41, 5.74) is -1.46. The number of carbonyl (C=O) groups is 1. The molecule has 0 N–H and O–H groups in total. The number of unbranched alkanes of at least 4 members (excludes halogenated alkanes) is 1. The minimum Gasteiger partial charge on any atom is -0.460 e. The zero-order chi connectivity index (χ0) is 16.0. The van der Waals surface area contributed by atoms with Crippen molar-refractivity contribution < 1.29 is 31.5 Å². The number of alkyl halides is 3. The maximum atomic E-state index is 13.6. The van der Waals surface area contributed by atoms with Gasteiger partial charge in [0, 0.05) is 5.56 Å². The molecule has 0 heterocycles. The standard InChI is InChI=1S/C14H13F5O2/c1-2-3-8-21-13(20)12(16)11(15)9-4-6-10(7-5-9)14(17,18)19/h4-7H,2-3,8H2,1H3/b12-11+. The highest BCUT2D eigenvalue weighted by Gasteiger charge is 2.30. The molecule has 0 saturated carbocycles. The molecular formula is C14H13F5O2. The van der Waals surface area contributed by atoms with Gasteiger partial charge in [0.15, 0.2) is 5.83 Å². The van der Waals surface area contributed by atoms with Gasteiger partial charge in [0.25, 0.3) is 0 Å². The summed E-state index contributed by atoms with van der Waals surface area (Å²) in [5.74, 6) is -4.78. The van der Waals surface area contributed by atoms with Crippen LogP contribution in [0.3, 0.4) is 0 Å². The SMILES string of the molecule is CCCCOC(=O)/C(F)=C(\F)c1ccc(C(F)(F)F)cc1. The summed E-state index contributed by atoms with van der Waals surface area (Å²) in [4.78, 5) is 11.2. The summed E-state index contributed by atoms with van der Waals surface area (Å²) < 4.78 is 68.5. The first-order valence-corrected chi connectivity index (χ1v) is 6.17. The Morgan fingerprint density at radius 3 is 2.19 bits per heavy atom. The molecule has 0 saturated heterocycles. The number of hydrogen-bond acceptors (Lipinski definition) is 2. The van der Waals surface area contributed by atoms with Gasteiger partial charge in [0.05, 0.1) is 12.2 Å². The lowest BCUT2D eigenvalue weighted by Crippen LogP contribution is -2.07. The minimum atomic E-state index is -4.57. The Morgan fingerprint density at radius 1 is 1.14 bits per heavy atom. The number of halogens is 5. The van der Waals surface area contributed by atoms with E-state index in [0.29, 0.717) is 25.0 Å². The molecule has 1 aromatic rings. The lowest BCUT2D eigenvalue weighted by Gasteiger charge is -2.07. The van der Waals surface area contributed by atoms with Crippen LogP contribution in [0.25, 0.3) is 5.83 Å². The molecular weight excluding hydrogens is 295 g/mol. The van der Waals surface area contributed by atoms with Gasteiger partial charge in [-0.3, -0.25) is 0 Å². The lowest BCUT2D eigenvalue weighted by atomic mass is 10.1. The first kappa shape index (κ1) is 17.1. The van der Waals surface area contributed by atoms with Gasteiger partial charge in [0.2, 0.25) is 5.83 Å². The fourth-order valence-electron chi connectivity index (χ4n) is 1.39. The van der Waals surface area contributed by atoms with E-state index in [9.17, 15) is 26.7 Å². The third kappa shape index (κ3) is 4.84. The Kier molecular flexibility index (Phi) is 5.87. The zero-order valence-corrected chi connectivity index (χ0v) is 11.1. The van der Waals surface area contributed by atoms with E-state index in [0.717, 1.165) is 12.1 Å². The van der Waals surface area contributed by atoms with Crippen molar-refractivity contribution in [2.75, 3.05) is 6.61 Å². The third-order valence-electron chi connectivity index (χ3n) is 2.57. The van der Waals surface area contributed by atoms with E-state index in [2.05, 4.69) is 4.74 Å². The Morgan fingerprint density at radius 2 is 1.71 bits per heavy atom. The Hall–Kier alpha value is -1.92. The summed E-state index contributed by atoms with van der Waals surface area (Å²) in [6.45, 7) is 1.77. The third-order valence-corrected chi connectivity index (χ3v) is 2.57. The fraction of sp³-hybridized carbons (Fsp3) is 0.357. The van der Waals surface area contributed by atoms with E-state index >= 15 is 0 Å². The van der Waals surface area contributed by atoms with Gasteiger partial charge in [-0.2, -0.15) is 17.6 Å². The van der Waals surface area contributed by atoms with E-state index in [1.54, 1.807) is 0 Å². The van der Waals surface area contributed by atoms with Gasteiger partial charge in [-0.1, -0.05) is 25.5 Å². The summed E-state index contributed by atoms with van der Waals surface area (Å²) in [5, 5.41) is 0. The van der Waals surface area contributed by atoms with E-state index in [1.807, 2.05) is 6.92 Å². The van der Waals surface area contributed by atoms with Crippen LogP contribution in [0.5, 0.6) is 0 Å². The molecule has 2 nitrogen and oxygen atoms in total. The minimum absolute atomic E-state index is 0.0525. The molecule has 0 unspecified atom stereocenters. The second kappa shape index (κ2) is 7.19. The molecule has 0 aromatic heterocycles. The summed E-state index contributed by atoms with van der Waals surface area (Å²) in [6, 6.07) is 2.70. The van der Waals surface area contributed by atoms with Crippen molar-refractivity contribution in [3.63, 3.8) is 0 Å². The molecule has 1 rings (SSSR count). The molecule has 0 atom stereocenters. The molecule has 0 aliphatic carbocycles. The zero-order valence-electron chi connectivity index (χ0n) is 11.1. The Bertz CT molecular complexity index is 517. The molecule has 1 aromatic carbocycles. The monoisotopic (exact) mass is 308 g/mol. The van der Waals surface area contributed by atoms with Gasteiger partial charge in [-0.25, -0.2) is 9.18 Å². The van der Waals surface area contributed by atoms with Crippen LogP contribution in [0.15, 0.2) is 30.1 Å². The molecule has 7 heteroatoms. The van der Waals surface area contributed by atoms with Crippen molar-refractivity contribution in [1.82, 2.24) is 0 Å². The first-order valence-electron chi connectivity index (χ1n) is 6.17. The molecule has 0 aliphatic heterocycles. The van der Waals surface area contributed by atoms with Crippen molar-refractivity contribution in [3.05, 3.63) is 41.2 Å². The largest absolute Gasteiger partial charge is 0.460 e. The van der Waals surface area contributed by atoms with Crippen LogP contribution in [0, 0.1) is 0 Å². The number of rotatable bonds is 5. The fourth-order valence-corrected chi connectivity index (χ4v) is 1.39. The number of hydrogen-bond donors (Lipinski definition) is 0. The second-order valence-corrected chi connectivity index (χ2v) is 4.19. The van der Waals surface area contributed by atoms with Crippen molar-refractivity contribution in [2.45, 2.75) is 25.9 Å². The van der Waals surface area contributed by atoms with Gasteiger partial charge >= 0.3 is 12.1 Å². The highest BCUT2D eigenvalue weighted by molar-refractivity contribution is 5.93. The van der Waals surface area contributed by atoms with Crippen LogP contribution in [0.4, 0.5) is 22.0 Å². The summed E-state index contributed by atoms with van der Waals surface area (Å²) in [6.07, 6.45) is -3.36. The molecule has 0 bridgehead atoms. The van der Waals surface area contributed by atoms with E-state index in [-0.39, 0.29) is 6.61 Å². The Balaban J connectivity index is 2.88. The summed E-state index contributed by atoms with van der Waals surface area (Å²) >= 11 is 0. The smallest absolute Gasteiger partial charge is 0.416 e. The summed E-state index contributed by atoms with van der Waals surface area (Å²) in [7, 11) is 0. The normalized spacial score (nSPS) is 12.9. The predicted octanol–water partition coefficient (Wildman–Crippen LogP) is 4.66. The van der Waals surface area contributed by atoms with Crippen LogP contribution in [-0.4, -0.2) is 12.6 Å². The second-order valence-electron chi connectivity index (χ2n) is 4.19. The van der Waals surface area contributed by atoms with Crippen LogP contribution < -0.4 is 0 Å². The van der Waals surface area contributed by atoms with Crippen molar-refractivity contribution in [1.29, 1.82) is 0 Å². The van der Waals surface area contributed by atoms with E-state index < -0.39 is 34.9 Å². The van der Waals surface area contributed by atoms with Gasteiger partial charge in [0.1, 0.15) is 0 Å². The van der Waals surface area contributed by atoms with Crippen molar-refractivity contribution in [3.8, 4) is 0 Å². The number of carbonyl (C=O) groups excluding carboxylic acids is 1. The van der Waals surface area contributed by atoms with Crippen LogP contribution in [0.2, 0.25) is 0 Å². The van der Waals surface area contributed by atoms with Gasteiger partial charge in [-0.05, 0) is 18.6 Å². The van der Waals surface area contributed by atoms with Crippen LogP contribution in [0.1, 0.15) is 30.9 Å². The molecule has 0 fully saturated rings. The highest BCUT2D eigenvalue weighted by atomic mass is 19.4. The van der Waals surface area contributed by atoms with E-state index in [4.69, 9.17) is 0 Å². The number of esters is 1. The average molecular weight is 308 g/mol. The Labute approximate surface area is 118 Å². The predicted molar refractivity (Wildman–Crippen MR) is 66.4 cm³/mol. The highest BCUT2D eigenvalue weighted by Crippen LogP contribution is 2.31. The topological polar surface area (TPSA) is 26.3 Å². The molecule has 116 valence electrons. The molecule has 0 radical (unpaired) electrons. The van der Waals surface area contributed by atoms with Crippen molar-refractivity contribution in [2.24, 2.45) is 0 Å². The molecule has 0 amide bonds. The lowest BCUT2D eigenvalue weighted by molar-refractivity contribution is -0.141. The molecule has 0 aliphatic rings. The number of ether oxygens (including phenoxy) is 1. The average Bonchev–Trinajstić information content (AvgIpc) is 2.45.